The van der Waals surface area contributed by atoms with E-state index in [-0.39, 0.29) is 23.4 Å². The van der Waals surface area contributed by atoms with Crippen LogP contribution in [0.1, 0.15) is 129 Å². The van der Waals surface area contributed by atoms with Crippen molar-refractivity contribution in [2.45, 2.75) is 97.4 Å². The van der Waals surface area contributed by atoms with Crippen molar-refractivity contribution in [3.05, 3.63) is 63.5 Å². The van der Waals surface area contributed by atoms with Gasteiger partial charge in [0.25, 0.3) is 0 Å². The summed E-state index contributed by atoms with van der Waals surface area (Å²) in [4.78, 5) is 17.5. The molecule has 1 N–H and O–H groups in total. The zero-order valence-corrected chi connectivity index (χ0v) is 22.0. The van der Waals surface area contributed by atoms with Crippen LogP contribution in [0.2, 0.25) is 0 Å². The number of hydrogen-bond acceptors (Lipinski definition) is 5. The highest BCUT2D eigenvalue weighted by Crippen LogP contribution is 2.61. The summed E-state index contributed by atoms with van der Waals surface area (Å²) in [7, 11) is 0. The molecule has 188 valence electrons. The molecule has 5 nitrogen and oxygen atoms in total. The molecule has 4 atom stereocenters. The monoisotopic (exact) mass is 477 g/mol. The molecule has 0 amide bonds. The largest absolute Gasteiger partial charge is 0.462 e. The van der Waals surface area contributed by atoms with Gasteiger partial charge in [-0.3, -0.25) is 4.98 Å². The number of hydrogen-bond donors (Lipinski definition) is 1. The summed E-state index contributed by atoms with van der Waals surface area (Å²) >= 11 is 0. The smallest absolute Gasteiger partial charge is 0.338 e. The molecule has 1 saturated carbocycles. The third-order valence-corrected chi connectivity index (χ3v) is 8.37. The molecule has 35 heavy (non-hydrogen) atoms. The Bertz CT molecular complexity index is 1140. The van der Waals surface area contributed by atoms with E-state index < -0.39 is 11.7 Å². The summed E-state index contributed by atoms with van der Waals surface area (Å²) in [5.41, 5.74) is 6.71. The predicted octanol–water partition coefficient (Wildman–Crippen LogP) is 6.52. The van der Waals surface area contributed by atoms with Crippen LogP contribution in [-0.4, -0.2) is 22.7 Å². The van der Waals surface area contributed by atoms with Crippen molar-refractivity contribution >= 4 is 5.97 Å². The van der Waals surface area contributed by atoms with Crippen molar-refractivity contribution in [1.29, 1.82) is 0 Å². The number of esters is 1. The number of ether oxygens (including phenoxy) is 2. The first-order valence-corrected chi connectivity index (χ1v) is 13.3. The number of carbonyl (C=O) groups is 1. The lowest BCUT2D eigenvalue weighted by atomic mass is 9.69. The quantitative estimate of drug-likeness (QED) is 0.508. The molecule has 1 aliphatic heterocycles. The number of aliphatic hydroxyl groups is 1. The lowest BCUT2D eigenvalue weighted by molar-refractivity contribution is -0.0842. The van der Waals surface area contributed by atoms with Gasteiger partial charge < -0.3 is 14.6 Å². The van der Waals surface area contributed by atoms with Gasteiger partial charge in [-0.1, -0.05) is 46.8 Å². The molecule has 1 aromatic heterocycles. The molecule has 4 unspecified atom stereocenters. The Kier molecular flexibility index (Phi) is 6.08. The van der Waals surface area contributed by atoms with Gasteiger partial charge in [-0.05, 0) is 79.5 Å². The van der Waals surface area contributed by atoms with Crippen molar-refractivity contribution < 1.29 is 19.4 Å². The fourth-order valence-corrected chi connectivity index (χ4v) is 6.76. The summed E-state index contributed by atoms with van der Waals surface area (Å²) in [6.45, 7) is 13.3. The molecule has 2 aromatic rings. The maximum Gasteiger partial charge on any atom is 0.338 e. The first-order valence-electron chi connectivity index (χ1n) is 13.3. The third kappa shape index (κ3) is 3.92. The number of aliphatic hydroxyl groups excluding tert-OH is 1. The Morgan fingerprint density at radius 1 is 1.23 bits per heavy atom. The zero-order valence-electron chi connectivity index (χ0n) is 22.0. The van der Waals surface area contributed by atoms with Crippen LogP contribution in [0, 0.1) is 11.3 Å². The van der Waals surface area contributed by atoms with Gasteiger partial charge in [0.1, 0.15) is 6.10 Å². The molecule has 0 radical (unpaired) electrons. The molecule has 0 bridgehead atoms. The first-order chi connectivity index (χ1) is 16.6. The first kappa shape index (κ1) is 24.5. The molecular formula is C30H39NO4. The summed E-state index contributed by atoms with van der Waals surface area (Å²) in [6, 6.07) is 7.64. The molecule has 5 heteroatoms. The summed E-state index contributed by atoms with van der Waals surface area (Å²) < 4.78 is 12.3. The Labute approximate surface area is 209 Å². The minimum absolute atomic E-state index is 0.0121. The van der Waals surface area contributed by atoms with Gasteiger partial charge in [0.05, 0.1) is 23.9 Å². The minimum atomic E-state index is -0.533. The van der Waals surface area contributed by atoms with E-state index in [1.165, 1.54) is 5.56 Å². The normalized spacial score (nSPS) is 28.9. The van der Waals surface area contributed by atoms with E-state index >= 15 is 0 Å². The Morgan fingerprint density at radius 3 is 2.54 bits per heavy atom. The molecule has 5 rings (SSSR count). The maximum absolute atomic E-state index is 12.2. The molecule has 0 saturated heterocycles. The second-order valence-electron chi connectivity index (χ2n) is 11.9. The highest BCUT2D eigenvalue weighted by atomic mass is 16.5. The van der Waals surface area contributed by atoms with Gasteiger partial charge >= 0.3 is 5.97 Å². The maximum atomic E-state index is 12.2. The summed E-state index contributed by atoms with van der Waals surface area (Å²) in [5, 5.41) is 11.5. The van der Waals surface area contributed by atoms with Crippen LogP contribution < -0.4 is 0 Å². The molecule has 3 aliphatic rings. The van der Waals surface area contributed by atoms with Crippen LogP contribution in [0.4, 0.5) is 0 Å². The highest BCUT2D eigenvalue weighted by Gasteiger charge is 2.55. The van der Waals surface area contributed by atoms with Gasteiger partial charge in [0, 0.05) is 22.5 Å². The number of benzene rings is 1. The molecule has 1 fully saturated rings. The highest BCUT2D eigenvalue weighted by molar-refractivity contribution is 5.89. The second-order valence-corrected chi connectivity index (χ2v) is 11.9. The Morgan fingerprint density at radius 2 is 1.94 bits per heavy atom. The van der Waals surface area contributed by atoms with Crippen molar-refractivity contribution in [3.8, 4) is 0 Å². The lowest BCUT2D eigenvalue weighted by Crippen LogP contribution is -2.34. The predicted molar refractivity (Wildman–Crippen MR) is 135 cm³/mol. The van der Waals surface area contributed by atoms with E-state index in [2.05, 4.69) is 34.6 Å². The van der Waals surface area contributed by atoms with E-state index in [1.807, 2.05) is 31.2 Å². The zero-order chi connectivity index (χ0) is 25.1. The van der Waals surface area contributed by atoms with Crippen molar-refractivity contribution in [2.75, 3.05) is 6.61 Å². The molecule has 2 aliphatic carbocycles. The number of fused-ring (bicyclic) bond motifs is 4. The molecule has 1 spiro atoms. The standard InChI is InChI=1S/C30H39NO4/c1-7-34-28(33)20-12-10-19(11-13-20)27-24-25(30(35-27)14-8-9-18(30)4)23-21(31-26(24)17(2)3)15-29(5,6)16-22(23)32/h10-13,17-18,22,27,32H,7-9,14-16H2,1-6H3. The topological polar surface area (TPSA) is 68.7 Å². The fraction of sp³-hybridized carbons (Fsp3) is 0.600. The van der Waals surface area contributed by atoms with Crippen molar-refractivity contribution in [2.24, 2.45) is 11.3 Å². The fourth-order valence-electron chi connectivity index (χ4n) is 6.76. The molecule has 2 heterocycles. The van der Waals surface area contributed by atoms with Crippen LogP contribution in [0.5, 0.6) is 0 Å². The van der Waals surface area contributed by atoms with E-state index in [9.17, 15) is 9.90 Å². The van der Waals surface area contributed by atoms with Gasteiger partial charge in [0.2, 0.25) is 0 Å². The average molecular weight is 478 g/mol. The SMILES string of the molecule is CCOC(=O)c1ccc(C2OC3(CCCC3C)c3c4c(nc(C(C)C)c32)CC(C)(C)CC4O)cc1. The van der Waals surface area contributed by atoms with Crippen LogP contribution in [0.3, 0.4) is 0 Å². The van der Waals surface area contributed by atoms with E-state index in [4.69, 9.17) is 14.5 Å². The van der Waals surface area contributed by atoms with Gasteiger partial charge in [-0.25, -0.2) is 4.79 Å². The number of aromatic nitrogens is 1. The minimum Gasteiger partial charge on any atom is -0.462 e. The molecular weight excluding hydrogens is 438 g/mol. The number of pyridine rings is 1. The van der Waals surface area contributed by atoms with Crippen molar-refractivity contribution in [3.63, 3.8) is 0 Å². The molecule has 1 aromatic carbocycles. The number of nitrogens with zero attached hydrogens (tertiary/aromatic N) is 1. The van der Waals surface area contributed by atoms with Crippen LogP contribution in [-0.2, 0) is 21.5 Å². The Balaban J connectivity index is 1.71. The average Bonchev–Trinajstić information content (AvgIpc) is 3.33. The van der Waals surface area contributed by atoms with Crippen molar-refractivity contribution in [1.82, 2.24) is 4.98 Å². The van der Waals surface area contributed by atoms with Gasteiger partial charge in [-0.2, -0.15) is 0 Å². The van der Waals surface area contributed by atoms with Gasteiger partial charge in [-0.15, -0.1) is 0 Å². The van der Waals surface area contributed by atoms with Crippen LogP contribution >= 0.6 is 0 Å². The Hall–Kier alpha value is -2.24. The van der Waals surface area contributed by atoms with E-state index in [0.717, 1.165) is 60.2 Å². The van der Waals surface area contributed by atoms with E-state index in [0.29, 0.717) is 18.1 Å². The van der Waals surface area contributed by atoms with Crippen LogP contribution in [0.15, 0.2) is 24.3 Å². The second kappa shape index (κ2) is 8.70. The van der Waals surface area contributed by atoms with E-state index in [1.54, 1.807) is 0 Å². The van der Waals surface area contributed by atoms with Gasteiger partial charge in [0.15, 0.2) is 0 Å². The summed E-state index contributed by atoms with van der Waals surface area (Å²) in [6.07, 6.45) is 4.00. The number of rotatable bonds is 4. The number of carbonyl (C=O) groups excluding carboxylic acids is 1. The van der Waals surface area contributed by atoms with Crippen LogP contribution in [0.25, 0.3) is 0 Å². The lowest BCUT2D eigenvalue weighted by Gasteiger charge is -2.39. The third-order valence-electron chi connectivity index (χ3n) is 8.37. The summed E-state index contributed by atoms with van der Waals surface area (Å²) in [5.74, 6) is 0.281.